The monoisotopic (exact) mass is 400 g/mol. The van der Waals surface area contributed by atoms with Crippen LogP contribution >= 0.6 is 11.3 Å². The van der Waals surface area contributed by atoms with E-state index < -0.39 is 5.82 Å². The zero-order valence-corrected chi connectivity index (χ0v) is 16.4. The van der Waals surface area contributed by atoms with Crippen LogP contribution in [0.5, 0.6) is 0 Å². The topological polar surface area (TPSA) is 42.2 Å². The highest BCUT2D eigenvalue weighted by atomic mass is 32.1. The van der Waals surface area contributed by atoms with Crippen LogP contribution in [0.15, 0.2) is 78.4 Å². The number of imidazole rings is 1. The summed E-state index contributed by atoms with van der Waals surface area (Å²) < 4.78 is 16.7. The molecule has 0 aliphatic carbocycles. The van der Waals surface area contributed by atoms with Gasteiger partial charge in [0.05, 0.1) is 11.9 Å². The number of thiazole rings is 1. The summed E-state index contributed by atoms with van der Waals surface area (Å²) in [7, 11) is 0. The highest BCUT2D eigenvalue weighted by Gasteiger charge is 2.21. The van der Waals surface area contributed by atoms with E-state index in [9.17, 15) is 4.39 Å². The number of hydrogen-bond acceptors (Lipinski definition) is 4. The summed E-state index contributed by atoms with van der Waals surface area (Å²) >= 11 is 1.53. The maximum Gasteiger partial charge on any atom is 0.196 e. The minimum atomic E-state index is -0.396. The van der Waals surface area contributed by atoms with Crippen LogP contribution in [0, 0.1) is 12.7 Å². The first kappa shape index (κ1) is 17.6. The lowest BCUT2D eigenvalue weighted by atomic mass is 10.1. The van der Waals surface area contributed by atoms with Gasteiger partial charge in [0.2, 0.25) is 0 Å². The molecule has 0 saturated heterocycles. The maximum absolute atomic E-state index is 14.6. The Kier molecular flexibility index (Phi) is 4.33. The molecule has 0 saturated carbocycles. The van der Waals surface area contributed by atoms with Crippen LogP contribution < -0.4 is 5.32 Å². The highest BCUT2D eigenvalue weighted by Crippen LogP contribution is 2.38. The molecule has 1 N–H and O–H groups in total. The molecule has 0 bridgehead atoms. The lowest BCUT2D eigenvalue weighted by Gasteiger charge is -2.12. The van der Waals surface area contributed by atoms with Gasteiger partial charge in [0.25, 0.3) is 0 Å². The van der Waals surface area contributed by atoms with Crippen molar-refractivity contribution in [2.75, 3.05) is 5.32 Å². The fourth-order valence-corrected chi connectivity index (χ4v) is 4.28. The average Bonchev–Trinajstić information content (AvgIpc) is 3.31. The molecular weight excluding hydrogens is 383 g/mol. The number of benzene rings is 2. The van der Waals surface area contributed by atoms with Crippen LogP contribution in [0.25, 0.3) is 27.5 Å². The van der Waals surface area contributed by atoms with Crippen molar-refractivity contribution in [3.63, 3.8) is 0 Å². The number of nitrogens with zero attached hydrogens (tertiary/aromatic N) is 3. The molecule has 5 rings (SSSR count). The van der Waals surface area contributed by atoms with Crippen LogP contribution in [-0.4, -0.2) is 14.4 Å². The molecule has 2 aromatic carbocycles. The number of pyridine rings is 1. The second-order valence-corrected chi connectivity index (χ2v) is 7.55. The van der Waals surface area contributed by atoms with Crippen LogP contribution in [0.1, 0.15) is 5.56 Å². The molecule has 0 aliphatic rings. The predicted octanol–water partition coefficient (Wildman–Crippen LogP) is 6.32. The van der Waals surface area contributed by atoms with E-state index in [0.717, 1.165) is 33.3 Å². The second-order valence-electron chi connectivity index (χ2n) is 6.71. The summed E-state index contributed by atoms with van der Waals surface area (Å²) in [5.41, 5.74) is 5.12. The number of hydrogen-bond donors (Lipinski definition) is 1. The second kappa shape index (κ2) is 7.14. The molecule has 0 atom stereocenters. The van der Waals surface area contributed by atoms with E-state index in [2.05, 4.69) is 32.2 Å². The quantitative estimate of drug-likeness (QED) is 0.384. The first-order valence-electron chi connectivity index (χ1n) is 9.20. The van der Waals surface area contributed by atoms with Gasteiger partial charge in [-0.3, -0.25) is 9.38 Å². The van der Waals surface area contributed by atoms with Gasteiger partial charge in [0.15, 0.2) is 10.8 Å². The van der Waals surface area contributed by atoms with Crippen LogP contribution in [0.2, 0.25) is 0 Å². The number of anilines is 2. The van der Waals surface area contributed by atoms with Crippen LogP contribution in [-0.2, 0) is 0 Å². The van der Waals surface area contributed by atoms with Crippen molar-refractivity contribution in [1.29, 1.82) is 0 Å². The lowest BCUT2D eigenvalue weighted by Crippen LogP contribution is -2.00. The normalized spacial score (nSPS) is 11.1. The molecule has 142 valence electrons. The molecular formula is C23H17FN4S. The Hall–Kier alpha value is -3.51. The summed E-state index contributed by atoms with van der Waals surface area (Å²) in [6.45, 7) is 2.04. The number of para-hydroxylation sites is 1. The third kappa shape index (κ3) is 3.07. The largest absolute Gasteiger partial charge is 0.339 e. The Bertz CT molecular complexity index is 1310. The van der Waals surface area contributed by atoms with Gasteiger partial charge < -0.3 is 5.32 Å². The van der Waals surface area contributed by atoms with E-state index in [0.29, 0.717) is 11.3 Å². The molecule has 0 aliphatic heterocycles. The zero-order valence-electron chi connectivity index (χ0n) is 15.6. The molecule has 3 heterocycles. The van der Waals surface area contributed by atoms with Crippen LogP contribution in [0.4, 0.5) is 15.9 Å². The zero-order chi connectivity index (χ0) is 19.8. The average molecular weight is 400 g/mol. The number of aryl methyl sites for hydroxylation is 1. The Morgan fingerprint density at radius 1 is 1.00 bits per heavy atom. The van der Waals surface area contributed by atoms with Crippen molar-refractivity contribution >= 4 is 27.8 Å². The predicted molar refractivity (Wildman–Crippen MR) is 116 cm³/mol. The molecule has 0 unspecified atom stereocenters. The molecule has 0 radical (unpaired) electrons. The number of aromatic nitrogens is 3. The number of fused-ring (bicyclic) bond motifs is 1. The smallest absolute Gasteiger partial charge is 0.196 e. The number of rotatable bonds is 4. The fourth-order valence-electron chi connectivity index (χ4n) is 3.38. The molecule has 6 heteroatoms. The molecule has 5 aromatic rings. The van der Waals surface area contributed by atoms with Gasteiger partial charge in [-0.25, -0.2) is 9.37 Å². The summed E-state index contributed by atoms with van der Waals surface area (Å²) in [6, 6.07) is 19.8. The van der Waals surface area contributed by atoms with E-state index in [1.165, 1.54) is 17.5 Å². The Morgan fingerprint density at radius 3 is 2.59 bits per heavy atom. The summed E-state index contributed by atoms with van der Waals surface area (Å²) in [5.74, 6) is 0.340. The Balaban J connectivity index is 1.78. The number of nitrogens with one attached hydrogen (secondary N) is 1. The molecule has 4 nitrogen and oxygen atoms in total. The minimum Gasteiger partial charge on any atom is -0.339 e. The van der Waals surface area contributed by atoms with Gasteiger partial charge in [0, 0.05) is 22.8 Å². The van der Waals surface area contributed by atoms with E-state index >= 15 is 0 Å². The minimum absolute atomic E-state index is 0.396. The Labute approximate surface area is 171 Å². The summed E-state index contributed by atoms with van der Waals surface area (Å²) in [5, 5.41) is 5.58. The number of halogens is 1. The van der Waals surface area contributed by atoms with Crippen molar-refractivity contribution in [2.45, 2.75) is 6.92 Å². The fraction of sp³-hybridized carbons (Fsp3) is 0.0435. The molecule has 0 spiro atoms. The van der Waals surface area contributed by atoms with E-state index in [-0.39, 0.29) is 0 Å². The third-order valence-electron chi connectivity index (χ3n) is 4.86. The third-order valence-corrected chi connectivity index (χ3v) is 5.68. The SMILES string of the molecule is Cc1ccccc1Nc1c(-c2ccncc2F)nc2scc(-c3ccccc3)n12. The van der Waals surface area contributed by atoms with Crippen molar-refractivity contribution in [1.82, 2.24) is 14.4 Å². The van der Waals surface area contributed by atoms with Crippen molar-refractivity contribution in [2.24, 2.45) is 0 Å². The molecule has 3 aromatic heterocycles. The van der Waals surface area contributed by atoms with E-state index in [4.69, 9.17) is 4.98 Å². The van der Waals surface area contributed by atoms with Crippen molar-refractivity contribution in [3.05, 3.63) is 89.8 Å². The highest BCUT2D eigenvalue weighted by molar-refractivity contribution is 7.15. The Morgan fingerprint density at radius 2 is 1.79 bits per heavy atom. The van der Waals surface area contributed by atoms with Crippen molar-refractivity contribution < 1.29 is 4.39 Å². The molecule has 0 amide bonds. The first-order chi connectivity index (χ1) is 14.2. The standard InChI is InChI=1S/C23H17FN4S/c1-15-7-5-6-10-19(15)26-22-21(17-11-12-25-13-18(17)24)27-23-28(22)20(14-29-23)16-8-3-2-4-9-16/h2-14,26H,1H3. The molecule has 29 heavy (non-hydrogen) atoms. The van der Waals surface area contributed by atoms with Crippen molar-refractivity contribution in [3.8, 4) is 22.5 Å². The van der Waals surface area contributed by atoms with E-state index in [1.807, 2.05) is 49.4 Å². The van der Waals surface area contributed by atoms with E-state index in [1.54, 1.807) is 12.3 Å². The van der Waals surface area contributed by atoms with Gasteiger partial charge in [-0.1, -0.05) is 48.5 Å². The lowest BCUT2D eigenvalue weighted by molar-refractivity contribution is 0.624. The van der Waals surface area contributed by atoms with Gasteiger partial charge >= 0.3 is 0 Å². The maximum atomic E-state index is 14.6. The van der Waals surface area contributed by atoms with Gasteiger partial charge in [0.1, 0.15) is 11.5 Å². The summed E-state index contributed by atoms with van der Waals surface area (Å²) in [6.07, 6.45) is 2.81. The molecule has 0 fully saturated rings. The first-order valence-corrected chi connectivity index (χ1v) is 10.1. The van der Waals surface area contributed by atoms with Gasteiger partial charge in [-0.05, 0) is 30.2 Å². The van der Waals surface area contributed by atoms with Gasteiger partial charge in [-0.15, -0.1) is 11.3 Å². The van der Waals surface area contributed by atoms with Gasteiger partial charge in [-0.2, -0.15) is 0 Å². The summed E-state index contributed by atoms with van der Waals surface area (Å²) in [4.78, 5) is 9.44. The van der Waals surface area contributed by atoms with Crippen LogP contribution in [0.3, 0.4) is 0 Å².